The van der Waals surface area contributed by atoms with E-state index in [0.29, 0.717) is 30.0 Å². The zero-order valence-electron chi connectivity index (χ0n) is 12.5. The molecule has 0 spiro atoms. The normalized spacial score (nSPS) is 45.0. The van der Waals surface area contributed by atoms with E-state index in [2.05, 4.69) is 9.80 Å². The number of rotatable bonds is 1. The molecule has 0 aromatic heterocycles. The molecule has 0 aliphatic carbocycles. The Morgan fingerprint density at radius 2 is 1.95 bits per heavy atom. The third-order valence-electron chi connectivity index (χ3n) is 6.25. The molecule has 4 fully saturated rings. The van der Waals surface area contributed by atoms with E-state index in [1.807, 2.05) is 7.11 Å². The standard InChI is InChI=1S/C16H26N2O2/c1-20-13-5-6-17-9-11-7-12(15(17)8-13)10-18-14(11)3-2-4-16(18)19/h11-15H,2-10H2,1H3/t11-,12-,13+,14+,15-/m0/s1. The maximum absolute atomic E-state index is 12.2. The van der Waals surface area contributed by atoms with Crippen molar-refractivity contribution in [1.29, 1.82) is 0 Å². The molecule has 0 N–H and O–H groups in total. The zero-order valence-corrected chi connectivity index (χ0v) is 12.5. The van der Waals surface area contributed by atoms with Gasteiger partial charge in [-0.2, -0.15) is 0 Å². The minimum absolute atomic E-state index is 0.420. The van der Waals surface area contributed by atoms with E-state index in [1.165, 1.54) is 38.8 Å². The van der Waals surface area contributed by atoms with E-state index in [0.717, 1.165) is 25.3 Å². The first-order valence-corrected chi connectivity index (χ1v) is 8.32. The fraction of sp³-hybridized carbons (Fsp3) is 0.938. The molecule has 0 saturated carbocycles. The van der Waals surface area contributed by atoms with E-state index in [-0.39, 0.29) is 0 Å². The molecule has 4 heteroatoms. The molecule has 0 radical (unpaired) electrons. The van der Waals surface area contributed by atoms with Crippen LogP contribution in [0.4, 0.5) is 0 Å². The predicted molar refractivity (Wildman–Crippen MR) is 76.3 cm³/mol. The first-order valence-electron chi connectivity index (χ1n) is 8.32. The summed E-state index contributed by atoms with van der Waals surface area (Å²) in [7, 11) is 1.84. The van der Waals surface area contributed by atoms with Gasteiger partial charge in [0.2, 0.25) is 5.91 Å². The Hall–Kier alpha value is -0.610. The summed E-state index contributed by atoms with van der Waals surface area (Å²) in [6.45, 7) is 3.42. The van der Waals surface area contributed by atoms with Crippen LogP contribution in [0.1, 0.15) is 38.5 Å². The zero-order chi connectivity index (χ0) is 13.7. The topological polar surface area (TPSA) is 32.8 Å². The number of amides is 1. The van der Waals surface area contributed by atoms with Gasteiger partial charge in [0.25, 0.3) is 0 Å². The van der Waals surface area contributed by atoms with Crippen LogP contribution in [0.5, 0.6) is 0 Å². The molecule has 0 unspecified atom stereocenters. The highest BCUT2D eigenvalue weighted by Gasteiger charge is 2.49. The summed E-state index contributed by atoms with van der Waals surface area (Å²) in [5.74, 6) is 1.84. The highest BCUT2D eigenvalue weighted by Crippen LogP contribution is 2.43. The van der Waals surface area contributed by atoms with Gasteiger partial charge < -0.3 is 9.64 Å². The Morgan fingerprint density at radius 3 is 2.80 bits per heavy atom. The molecule has 4 heterocycles. The molecule has 2 bridgehead atoms. The fourth-order valence-electron chi connectivity index (χ4n) is 5.27. The summed E-state index contributed by atoms with van der Waals surface area (Å²) in [5.41, 5.74) is 0. The number of methoxy groups -OCH3 is 1. The van der Waals surface area contributed by atoms with E-state index in [4.69, 9.17) is 4.74 Å². The number of hydrogen-bond acceptors (Lipinski definition) is 3. The molecule has 4 aliphatic rings. The molecule has 4 nitrogen and oxygen atoms in total. The second kappa shape index (κ2) is 4.99. The summed E-state index contributed by atoms with van der Waals surface area (Å²) in [6.07, 6.45) is 7.25. The van der Waals surface area contributed by atoms with E-state index in [1.54, 1.807) is 0 Å². The first kappa shape index (κ1) is 13.1. The lowest BCUT2D eigenvalue weighted by atomic mass is 9.70. The second-order valence-electron chi connectivity index (χ2n) is 7.21. The summed E-state index contributed by atoms with van der Waals surface area (Å²) in [6, 6.07) is 1.20. The van der Waals surface area contributed by atoms with Gasteiger partial charge in [-0.25, -0.2) is 0 Å². The van der Waals surface area contributed by atoms with Crippen LogP contribution in [0, 0.1) is 11.8 Å². The summed E-state index contributed by atoms with van der Waals surface area (Å²) < 4.78 is 5.60. The number of fused-ring (bicyclic) bond motifs is 6. The highest BCUT2D eigenvalue weighted by atomic mass is 16.5. The van der Waals surface area contributed by atoms with Crippen molar-refractivity contribution in [3.05, 3.63) is 0 Å². The molecule has 0 aromatic rings. The Kier molecular flexibility index (Phi) is 3.26. The van der Waals surface area contributed by atoms with Crippen LogP contribution in [-0.2, 0) is 9.53 Å². The van der Waals surface area contributed by atoms with Crippen molar-refractivity contribution >= 4 is 5.91 Å². The molecule has 0 aromatic carbocycles. The van der Waals surface area contributed by atoms with Crippen molar-refractivity contribution in [3.63, 3.8) is 0 Å². The van der Waals surface area contributed by atoms with Gasteiger partial charge in [0.15, 0.2) is 0 Å². The Morgan fingerprint density at radius 1 is 1.10 bits per heavy atom. The number of piperidine rings is 4. The molecule has 20 heavy (non-hydrogen) atoms. The Balaban J connectivity index is 1.55. The average Bonchev–Trinajstić information content (AvgIpc) is 2.48. The van der Waals surface area contributed by atoms with Gasteiger partial charge in [-0.3, -0.25) is 9.69 Å². The Labute approximate surface area is 121 Å². The van der Waals surface area contributed by atoms with Gasteiger partial charge in [-0.1, -0.05) is 0 Å². The van der Waals surface area contributed by atoms with Crippen molar-refractivity contribution in [2.75, 3.05) is 26.7 Å². The van der Waals surface area contributed by atoms with Crippen LogP contribution >= 0.6 is 0 Å². The minimum atomic E-state index is 0.420. The van der Waals surface area contributed by atoms with Crippen molar-refractivity contribution in [3.8, 4) is 0 Å². The number of carbonyl (C=O) groups is 1. The lowest BCUT2D eigenvalue weighted by Crippen LogP contribution is -2.65. The summed E-state index contributed by atoms with van der Waals surface area (Å²) in [4.78, 5) is 17.2. The number of nitrogens with zero attached hydrogens (tertiary/aromatic N) is 2. The van der Waals surface area contributed by atoms with Gasteiger partial charge in [0.1, 0.15) is 0 Å². The van der Waals surface area contributed by atoms with E-state index >= 15 is 0 Å². The third-order valence-corrected chi connectivity index (χ3v) is 6.25. The van der Waals surface area contributed by atoms with Crippen LogP contribution in [-0.4, -0.2) is 60.6 Å². The molecule has 4 aliphatic heterocycles. The number of ether oxygens (including phenoxy) is 1. The number of carbonyl (C=O) groups excluding carboxylic acids is 1. The maximum atomic E-state index is 12.2. The van der Waals surface area contributed by atoms with Crippen LogP contribution in [0.25, 0.3) is 0 Å². The SMILES string of the molecule is CO[C@@H]1CCN2C[C@@H]3C[C@@H](CN4C(=O)CCC[C@H]34)[C@@H]2C1. The van der Waals surface area contributed by atoms with Gasteiger partial charge in [-0.15, -0.1) is 0 Å². The maximum Gasteiger partial charge on any atom is 0.222 e. The molecule has 4 rings (SSSR count). The van der Waals surface area contributed by atoms with E-state index in [9.17, 15) is 4.79 Å². The second-order valence-corrected chi connectivity index (χ2v) is 7.21. The smallest absolute Gasteiger partial charge is 0.222 e. The van der Waals surface area contributed by atoms with Gasteiger partial charge in [0.05, 0.1) is 6.10 Å². The minimum Gasteiger partial charge on any atom is -0.381 e. The quantitative estimate of drug-likeness (QED) is 0.728. The van der Waals surface area contributed by atoms with Gasteiger partial charge in [-0.05, 0) is 43.9 Å². The highest BCUT2D eigenvalue weighted by molar-refractivity contribution is 5.77. The van der Waals surface area contributed by atoms with Crippen molar-refractivity contribution in [1.82, 2.24) is 9.80 Å². The number of hydrogen-bond donors (Lipinski definition) is 0. The molecule has 1 amide bonds. The lowest BCUT2D eigenvalue weighted by molar-refractivity contribution is -0.150. The molecular formula is C16H26N2O2. The molecule has 112 valence electrons. The summed E-state index contributed by atoms with van der Waals surface area (Å²) in [5, 5.41) is 0. The summed E-state index contributed by atoms with van der Waals surface area (Å²) >= 11 is 0. The van der Waals surface area contributed by atoms with Crippen LogP contribution in [0.3, 0.4) is 0 Å². The lowest BCUT2D eigenvalue weighted by Gasteiger charge is -2.57. The predicted octanol–water partition coefficient (Wildman–Crippen LogP) is 1.50. The van der Waals surface area contributed by atoms with Crippen LogP contribution in [0.15, 0.2) is 0 Å². The van der Waals surface area contributed by atoms with Crippen LogP contribution < -0.4 is 0 Å². The Bertz CT molecular complexity index is 400. The molecule has 4 saturated heterocycles. The van der Waals surface area contributed by atoms with E-state index < -0.39 is 0 Å². The van der Waals surface area contributed by atoms with Crippen molar-refractivity contribution in [2.45, 2.75) is 56.7 Å². The fourth-order valence-corrected chi connectivity index (χ4v) is 5.27. The first-order chi connectivity index (χ1) is 9.76. The largest absolute Gasteiger partial charge is 0.381 e. The third kappa shape index (κ3) is 2.00. The molecular weight excluding hydrogens is 252 g/mol. The van der Waals surface area contributed by atoms with Crippen molar-refractivity contribution in [2.24, 2.45) is 11.8 Å². The monoisotopic (exact) mass is 278 g/mol. The van der Waals surface area contributed by atoms with Gasteiger partial charge in [0, 0.05) is 45.2 Å². The van der Waals surface area contributed by atoms with Crippen molar-refractivity contribution < 1.29 is 9.53 Å². The van der Waals surface area contributed by atoms with Gasteiger partial charge >= 0.3 is 0 Å². The molecule has 5 atom stereocenters. The van der Waals surface area contributed by atoms with Crippen LogP contribution in [0.2, 0.25) is 0 Å². The average molecular weight is 278 g/mol.